The molecule has 2 fully saturated rings. The van der Waals surface area contributed by atoms with Gasteiger partial charge in [-0.3, -0.25) is 13.9 Å². The molecule has 0 aromatic heterocycles. The lowest BCUT2D eigenvalue weighted by molar-refractivity contribution is -0.129. The monoisotopic (exact) mass is 415 g/mol. The van der Waals surface area contributed by atoms with Crippen molar-refractivity contribution < 1.29 is 31.3 Å². The van der Waals surface area contributed by atoms with E-state index in [4.69, 9.17) is 4.74 Å². The first-order valence-electron chi connectivity index (χ1n) is 8.76. The van der Waals surface area contributed by atoms with E-state index in [2.05, 4.69) is 4.18 Å². The van der Waals surface area contributed by atoms with Gasteiger partial charge < -0.3 is 14.5 Å². The molecule has 154 valence electrons. The third-order valence-corrected chi connectivity index (χ3v) is 5.21. The van der Waals surface area contributed by atoms with Crippen molar-refractivity contribution in [2.75, 3.05) is 55.4 Å². The molecule has 0 spiro atoms. The molecule has 0 bridgehead atoms. The van der Waals surface area contributed by atoms with Crippen LogP contribution < -0.4 is 9.80 Å². The number of hydrogen-bond acceptors (Lipinski definition) is 7. The number of hydrogen-bond donors (Lipinski definition) is 0. The molecule has 9 nitrogen and oxygen atoms in total. The van der Waals surface area contributed by atoms with Gasteiger partial charge in [-0.2, -0.15) is 8.42 Å². The van der Waals surface area contributed by atoms with Crippen LogP contribution in [0.15, 0.2) is 18.2 Å². The fourth-order valence-corrected chi connectivity index (χ4v) is 3.60. The average Bonchev–Trinajstić information content (AvgIpc) is 3.00. The number of anilines is 2. The molecule has 1 aromatic carbocycles. The Bertz CT molecular complexity index is 870. The van der Waals surface area contributed by atoms with Gasteiger partial charge in [-0.05, 0) is 18.2 Å². The number of carbonyl (C=O) groups excluding carboxylic acids is 2. The molecular formula is C17H22FN3O6S. The minimum Gasteiger partial charge on any atom is -0.441 e. The summed E-state index contributed by atoms with van der Waals surface area (Å²) in [7, 11) is -3.65. The zero-order chi connectivity index (χ0) is 20.5. The Labute approximate surface area is 162 Å². The largest absolute Gasteiger partial charge is 0.441 e. The van der Waals surface area contributed by atoms with Crippen LogP contribution >= 0.6 is 0 Å². The van der Waals surface area contributed by atoms with Gasteiger partial charge in [0.05, 0.1) is 24.2 Å². The molecule has 0 unspecified atom stereocenters. The van der Waals surface area contributed by atoms with E-state index in [1.54, 1.807) is 17.0 Å². The summed E-state index contributed by atoms with van der Waals surface area (Å²) in [5.41, 5.74) is 0.715. The van der Waals surface area contributed by atoms with Crippen LogP contribution in [-0.2, 0) is 23.8 Å². The maximum Gasteiger partial charge on any atom is 0.414 e. The summed E-state index contributed by atoms with van der Waals surface area (Å²) in [6, 6.07) is 4.44. The second-order valence-corrected chi connectivity index (χ2v) is 8.38. The number of benzene rings is 1. The predicted octanol–water partition coefficient (Wildman–Crippen LogP) is 0.796. The van der Waals surface area contributed by atoms with Gasteiger partial charge in [0, 0.05) is 33.1 Å². The summed E-state index contributed by atoms with van der Waals surface area (Å²) in [6.45, 7) is 3.37. The molecule has 2 aliphatic heterocycles. The van der Waals surface area contributed by atoms with Crippen LogP contribution in [-0.4, -0.2) is 77.0 Å². The zero-order valence-corrected chi connectivity index (χ0v) is 16.4. The van der Waals surface area contributed by atoms with Crippen LogP contribution in [0.3, 0.4) is 0 Å². The summed E-state index contributed by atoms with van der Waals surface area (Å²) >= 11 is 0. The Morgan fingerprint density at radius 3 is 2.54 bits per heavy atom. The third kappa shape index (κ3) is 4.71. The molecule has 3 rings (SSSR count). The van der Waals surface area contributed by atoms with Gasteiger partial charge in [0.2, 0.25) is 5.91 Å². The van der Waals surface area contributed by atoms with E-state index < -0.39 is 28.1 Å². The van der Waals surface area contributed by atoms with Gasteiger partial charge in [-0.1, -0.05) is 0 Å². The van der Waals surface area contributed by atoms with Crippen molar-refractivity contribution in [1.29, 1.82) is 0 Å². The standard InChI is InChI=1S/C17H22FN3O6S/c1-12(22)19-5-7-20(8-6-19)16-4-3-13(9-15(16)18)21-10-14(27-17(21)23)11-26-28(2,24)25/h3-4,9,14H,5-8,10-11H2,1-2H3/t14-/m1/s1. The number of cyclic esters (lactones) is 1. The number of rotatable bonds is 5. The highest BCUT2D eigenvalue weighted by Crippen LogP contribution is 2.28. The predicted molar refractivity (Wildman–Crippen MR) is 99.3 cm³/mol. The van der Waals surface area contributed by atoms with Gasteiger partial charge in [-0.25, -0.2) is 9.18 Å². The number of halogens is 1. The van der Waals surface area contributed by atoms with E-state index in [1.807, 2.05) is 4.90 Å². The van der Waals surface area contributed by atoms with Crippen molar-refractivity contribution in [3.05, 3.63) is 24.0 Å². The van der Waals surface area contributed by atoms with E-state index in [-0.39, 0.29) is 19.1 Å². The molecule has 1 atom stereocenters. The summed E-state index contributed by atoms with van der Waals surface area (Å²) in [5, 5.41) is 0. The zero-order valence-electron chi connectivity index (χ0n) is 15.6. The molecule has 0 saturated carbocycles. The van der Waals surface area contributed by atoms with Crippen molar-refractivity contribution in [3.63, 3.8) is 0 Å². The van der Waals surface area contributed by atoms with Crippen LogP contribution in [0, 0.1) is 5.82 Å². The van der Waals surface area contributed by atoms with E-state index in [1.165, 1.54) is 17.9 Å². The topological polar surface area (TPSA) is 96.5 Å². The molecule has 0 aliphatic carbocycles. The van der Waals surface area contributed by atoms with Crippen molar-refractivity contribution in [2.24, 2.45) is 0 Å². The summed E-state index contributed by atoms with van der Waals surface area (Å²) in [6.07, 6.45) is -0.541. The maximum atomic E-state index is 14.7. The van der Waals surface area contributed by atoms with Gasteiger partial charge in [-0.15, -0.1) is 0 Å². The number of ether oxygens (including phenoxy) is 1. The summed E-state index contributed by atoms with van der Waals surface area (Å²) in [4.78, 5) is 28.2. The minimum absolute atomic E-state index is 0.00239. The van der Waals surface area contributed by atoms with Crippen molar-refractivity contribution in [2.45, 2.75) is 13.0 Å². The SMILES string of the molecule is CC(=O)N1CCN(c2ccc(N3C[C@H](COS(C)(=O)=O)OC3=O)cc2F)CC1. The summed E-state index contributed by atoms with van der Waals surface area (Å²) in [5.74, 6) is -0.491. The van der Waals surface area contributed by atoms with Crippen LogP contribution in [0.4, 0.5) is 20.6 Å². The third-order valence-electron chi connectivity index (χ3n) is 4.65. The number of nitrogens with zero attached hydrogens (tertiary/aromatic N) is 3. The lowest BCUT2D eigenvalue weighted by Crippen LogP contribution is -2.48. The highest BCUT2D eigenvalue weighted by molar-refractivity contribution is 7.85. The molecule has 2 amide bonds. The fourth-order valence-electron chi connectivity index (χ4n) is 3.20. The summed E-state index contributed by atoms with van der Waals surface area (Å²) < 4.78 is 46.5. The fraction of sp³-hybridized carbons (Fsp3) is 0.529. The second-order valence-electron chi connectivity index (χ2n) is 6.73. The lowest BCUT2D eigenvalue weighted by Gasteiger charge is -2.35. The van der Waals surface area contributed by atoms with Gasteiger partial charge in [0.1, 0.15) is 18.5 Å². The van der Waals surface area contributed by atoms with Gasteiger partial charge in [0.25, 0.3) is 10.1 Å². The van der Waals surface area contributed by atoms with E-state index in [9.17, 15) is 22.4 Å². The van der Waals surface area contributed by atoms with Crippen molar-refractivity contribution >= 4 is 33.5 Å². The normalized spacial score (nSPS) is 20.5. The number of amides is 2. The Morgan fingerprint density at radius 1 is 1.29 bits per heavy atom. The minimum atomic E-state index is -3.65. The molecular weight excluding hydrogens is 393 g/mol. The first-order chi connectivity index (χ1) is 13.1. The van der Waals surface area contributed by atoms with Crippen molar-refractivity contribution in [3.8, 4) is 0 Å². The Kier molecular flexibility index (Phi) is 5.75. The number of carbonyl (C=O) groups is 2. The van der Waals surface area contributed by atoms with E-state index in [0.29, 0.717) is 37.6 Å². The molecule has 2 aliphatic rings. The first kappa shape index (κ1) is 20.3. The smallest absolute Gasteiger partial charge is 0.414 e. The molecule has 28 heavy (non-hydrogen) atoms. The number of piperazine rings is 1. The van der Waals surface area contributed by atoms with Crippen LogP contribution in [0.1, 0.15) is 6.92 Å². The van der Waals surface area contributed by atoms with Gasteiger partial charge in [0.15, 0.2) is 0 Å². The Balaban J connectivity index is 1.66. The average molecular weight is 415 g/mol. The highest BCUT2D eigenvalue weighted by Gasteiger charge is 2.34. The van der Waals surface area contributed by atoms with Crippen LogP contribution in [0.5, 0.6) is 0 Å². The van der Waals surface area contributed by atoms with Crippen LogP contribution in [0.2, 0.25) is 0 Å². The van der Waals surface area contributed by atoms with Crippen LogP contribution in [0.25, 0.3) is 0 Å². The first-order valence-corrected chi connectivity index (χ1v) is 10.6. The quantitative estimate of drug-likeness (QED) is 0.656. The molecule has 2 heterocycles. The molecule has 0 N–H and O–H groups in total. The lowest BCUT2D eigenvalue weighted by atomic mass is 10.2. The molecule has 2 saturated heterocycles. The van der Waals surface area contributed by atoms with E-state index in [0.717, 1.165) is 6.26 Å². The van der Waals surface area contributed by atoms with Gasteiger partial charge >= 0.3 is 6.09 Å². The Hall–Kier alpha value is -2.40. The van der Waals surface area contributed by atoms with Crippen molar-refractivity contribution in [1.82, 2.24) is 4.90 Å². The maximum absolute atomic E-state index is 14.7. The highest BCUT2D eigenvalue weighted by atomic mass is 32.2. The molecule has 11 heteroatoms. The Morgan fingerprint density at radius 2 is 1.96 bits per heavy atom. The molecule has 0 radical (unpaired) electrons. The molecule has 1 aromatic rings. The van der Waals surface area contributed by atoms with E-state index >= 15 is 0 Å². The second kappa shape index (κ2) is 7.92.